The monoisotopic (exact) mass is 288 g/mol. The molecule has 2 heterocycles. The number of hydrogen-bond acceptors (Lipinski definition) is 3. The summed E-state index contributed by atoms with van der Waals surface area (Å²) in [6.45, 7) is 1.05. The molecule has 0 bridgehead atoms. The number of benzene rings is 1. The predicted octanol–water partition coefficient (Wildman–Crippen LogP) is 2.92. The van der Waals surface area contributed by atoms with Gasteiger partial charge in [0.1, 0.15) is 5.92 Å². The molecule has 4 nitrogen and oxygen atoms in total. The second-order valence-corrected chi connectivity index (χ2v) is 5.20. The molecule has 0 saturated carbocycles. The number of para-hydroxylation sites is 1. The average Bonchev–Trinajstić information content (AvgIpc) is 2.81. The minimum atomic E-state index is -0.791. The van der Waals surface area contributed by atoms with Crippen LogP contribution in [-0.2, 0) is 11.3 Å². The fraction of sp³-hybridized carbons (Fsp3) is 0.200. The number of carbonyl (C=O) groups is 1. The molecule has 0 radical (unpaired) electrons. The van der Waals surface area contributed by atoms with Crippen LogP contribution in [-0.4, -0.2) is 22.6 Å². The molecule has 0 aliphatic carbocycles. The molecule has 1 unspecified atom stereocenters. The van der Waals surface area contributed by atoms with Crippen molar-refractivity contribution in [1.82, 2.24) is 4.98 Å². The zero-order chi connectivity index (χ0) is 14.1. The van der Waals surface area contributed by atoms with Gasteiger partial charge in [-0.25, -0.2) is 0 Å². The van der Waals surface area contributed by atoms with Gasteiger partial charge in [-0.05, 0) is 23.3 Å². The Bertz CT molecular complexity index is 660. The van der Waals surface area contributed by atoms with E-state index in [0.29, 0.717) is 18.1 Å². The fourth-order valence-electron chi connectivity index (χ4n) is 2.59. The molecule has 1 aliphatic heterocycles. The van der Waals surface area contributed by atoms with E-state index in [4.69, 9.17) is 11.6 Å². The first kappa shape index (κ1) is 12.9. The van der Waals surface area contributed by atoms with Crippen LogP contribution < -0.4 is 4.90 Å². The van der Waals surface area contributed by atoms with Crippen LogP contribution in [0.25, 0.3) is 0 Å². The largest absolute Gasteiger partial charge is 0.481 e. The van der Waals surface area contributed by atoms with E-state index >= 15 is 0 Å². The van der Waals surface area contributed by atoms with E-state index in [2.05, 4.69) is 9.88 Å². The van der Waals surface area contributed by atoms with Crippen molar-refractivity contribution < 1.29 is 9.90 Å². The molecule has 2 aromatic rings. The second kappa shape index (κ2) is 5.13. The third kappa shape index (κ3) is 2.23. The van der Waals surface area contributed by atoms with E-state index in [9.17, 15) is 9.90 Å². The molecule has 1 aliphatic rings. The highest BCUT2D eigenvalue weighted by Gasteiger charge is 2.33. The molecule has 1 aromatic heterocycles. The van der Waals surface area contributed by atoms with E-state index in [0.717, 1.165) is 16.8 Å². The Balaban J connectivity index is 1.93. The summed E-state index contributed by atoms with van der Waals surface area (Å²) in [5, 5.41) is 9.94. The van der Waals surface area contributed by atoms with Gasteiger partial charge in [0.15, 0.2) is 0 Å². The van der Waals surface area contributed by atoms with Crippen molar-refractivity contribution in [3.63, 3.8) is 0 Å². The topological polar surface area (TPSA) is 53.4 Å². The first-order valence-electron chi connectivity index (χ1n) is 6.32. The maximum absolute atomic E-state index is 11.4. The zero-order valence-electron chi connectivity index (χ0n) is 10.7. The molecule has 0 spiro atoms. The molecule has 0 amide bonds. The fourth-order valence-corrected chi connectivity index (χ4v) is 2.77. The van der Waals surface area contributed by atoms with Crippen LogP contribution in [0.15, 0.2) is 42.7 Å². The van der Waals surface area contributed by atoms with Crippen molar-refractivity contribution in [2.24, 2.45) is 0 Å². The van der Waals surface area contributed by atoms with Crippen molar-refractivity contribution in [3.05, 3.63) is 58.9 Å². The van der Waals surface area contributed by atoms with Gasteiger partial charge in [0.2, 0.25) is 0 Å². The van der Waals surface area contributed by atoms with Crippen LogP contribution in [0.4, 0.5) is 5.69 Å². The molecular formula is C15H13ClN2O2. The Hall–Kier alpha value is -2.07. The highest BCUT2D eigenvalue weighted by Crippen LogP contribution is 2.37. The van der Waals surface area contributed by atoms with E-state index in [-0.39, 0.29) is 0 Å². The number of anilines is 1. The van der Waals surface area contributed by atoms with Crippen LogP contribution in [0.1, 0.15) is 17.0 Å². The van der Waals surface area contributed by atoms with Gasteiger partial charge in [-0.2, -0.15) is 0 Å². The third-order valence-electron chi connectivity index (χ3n) is 3.57. The Morgan fingerprint density at radius 1 is 1.40 bits per heavy atom. The SMILES string of the molecule is O=C(O)C1CN(Cc2ccncc2Cl)c2ccccc21. The Morgan fingerprint density at radius 3 is 2.95 bits per heavy atom. The molecule has 20 heavy (non-hydrogen) atoms. The summed E-state index contributed by atoms with van der Waals surface area (Å²) < 4.78 is 0. The summed E-state index contributed by atoms with van der Waals surface area (Å²) in [6.07, 6.45) is 3.30. The van der Waals surface area contributed by atoms with Gasteiger partial charge >= 0.3 is 5.97 Å². The normalized spacial score (nSPS) is 17.1. The number of aromatic nitrogens is 1. The summed E-state index contributed by atoms with van der Waals surface area (Å²) in [6, 6.07) is 9.48. The van der Waals surface area contributed by atoms with Gasteiger partial charge in [0, 0.05) is 31.2 Å². The number of fused-ring (bicyclic) bond motifs is 1. The third-order valence-corrected chi connectivity index (χ3v) is 3.91. The Morgan fingerprint density at radius 2 is 2.20 bits per heavy atom. The quantitative estimate of drug-likeness (QED) is 0.943. The van der Waals surface area contributed by atoms with Crippen molar-refractivity contribution in [1.29, 1.82) is 0 Å². The van der Waals surface area contributed by atoms with Gasteiger partial charge in [0.25, 0.3) is 0 Å². The highest BCUT2D eigenvalue weighted by atomic mass is 35.5. The lowest BCUT2D eigenvalue weighted by molar-refractivity contribution is -0.138. The van der Waals surface area contributed by atoms with Crippen molar-refractivity contribution in [2.75, 3.05) is 11.4 Å². The standard InChI is InChI=1S/C15H13ClN2O2/c16-13-7-17-6-5-10(13)8-18-9-12(15(19)20)11-3-1-2-4-14(11)18/h1-7,12H,8-9H2,(H,19,20). The molecule has 1 atom stereocenters. The van der Waals surface area contributed by atoms with Crippen LogP contribution in [0.3, 0.4) is 0 Å². The van der Waals surface area contributed by atoms with Crippen LogP contribution >= 0.6 is 11.6 Å². The minimum absolute atomic E-state index is 0.466. The Labute approximate surface area is 121 Å². The maximum Gasteiger partial charge on any atom is 0.312 e. The van der Waals surface area contributed by atoms with Gasteiger partial charge in [0.05, 0.1) is 5.02 Å². The van der Waals surface area contributed by atoms with E-state index in [1.54, 1.807) is 12.4 Å². The number of pyridine rings is 1. The number of nitrogens with zero attached hydrogens (tertiary/aromatic N) is 2. The van der Waals surface area contributed by atoms with Crippen LogP contribution in [0.2, 0.25) is 5.02 Å². The molecule has 3 rings (SSSR count). The van der Waals surface area contributed by atoms with Crippen molar-refractivity contribution in [2.45, 2.75) is 12.5 Å². The summed E-state index contributed by atoms with van der Waals surface area (Å²) in [5.74, 6) is -1.27. The highest BCUT2D eigenvalue weighted by molar-refractivity contribution is 6.31. The minimum Gasteiger partial charge on any atom is -0.481 e. The lowest BCUT2D eigenvalue weighted by atomic mass is 10.0. The maximum atomic E-state index is 11.4. The van der Waals surface area contributed by atoms with Gasteiger partial charge in [-0.15, -0.1) is 0 Å². The average molecular weight is 289 g/mol. The number of halogens is 1. The second-order valence-electron chi connectivity index (χ2n) is 4.80. The zero-order valence-corrected chi connectivity index (χ0v) is 11.4. The Kier molecular flexibility index (Phi) is 3.32. The van der Waals surface area contributed by atoms with Crippen LogP contribution in [0.5, 0.6) is 0 Å². The summed E-state index contributed by atoms with van der Waals surface area (Å²) in [5.41, 5.74) is 2.78. The summed E-state index contributed by atoms with van der Waals surface area (Å²) in [7, 11) is 0. The first-order chi connectivity index (χ1) is 9.66. The van der Waals surface area contributed by atoms with Gasteiger partial charge in [-0.1, -0.05) is 29.8 Å². The van der Waals surface area contributed by atoms with Crippen LogP contribution in [0, 0.1) is 0 Å². The lowest BCUT2D eigenvalue weighted by Gasteiger charge is -2.20. The van der Waals surface area contributed by atoms with Gasteiger partial charge < -0.3 is 10.0 Å². The number of carboxylic acid groups (broad SMARTS) is 1. The van der Waals surface area contributed by atoms with Crippen molar-refractivity contribution in [3.8, 4) is 0 Å². The van der Waals surface area contributed by atoms with E-state index in [1.165, 1.54) is 0 Å². The molecule has 102 valence electrons. The first-order valence-corrected chi connectivity index (χ1v) is 6.69. The number of rotatable bonds is 3. The smallest absolute Gasteiger partial charge is 0.312 e. The van der Waals surface area contributed by atoms with E-state index in [1.807, 2.05) is 30.3 Å². The molecule has 1 N–H and O–H groups in total. The van der Waals surface area contributed by atoms with Gasteiger partial charge in [-0.3, -0.25) is 9.78 Å². The molecule has 0 fully saturated rings. The van der Waals surface area contributed by atoms with Crippen molar-refractivity contribution >= 4 is 23.3 Å². The van der Waals surface area contributed by atoms with E-state index < -0.39 is 11.9 Å². The number of carboxylic acids is 1. The molecular weight excluding hydrogens is 276 g/mol. The molecule has 1 aromatic carbocycles. The molecule has 0 saturated heterocycles. The molecule has 5 heteroatoms. The lowest BCUT2D eigenvalue weighted by Crippen LogP contribution is -2.24. The number of aliphatic carboxylic acids is 1. The summed E-state index contributed by atoms with van der Waals surface area (Å²) >= 11 is 6.12. The summed E-state index contributed by atoms with van der Waals surface area (Å²) in [4.78, 5) is 17.4. The number of hydrogen-bond donors (Lipinski definition) is 1. The predicted molar refractivity (Wildman–Crippen MR) is 77.1 cm³/mol.